The number of benzene rings is 2. The molecule has 2 atom stereocenters. The molecule has 2 unspecified atom stereocenters. The zero-order chi connectivity index (χ0) is 42.8. The van der Waals surface area contributed by atoms with Gasteiger partial charge in [-0.3, -0.25) is 19.3 Å². The van der Waals surface area contributed by atoms with Crippen molar-refractivity contribution < 1.29 is 60.9 Å². The van der Waals surface area contributed by atoms with E-state index in [1.807, 2.05) is 7.05 Å². The second-order valence-corrected chi connectivity index (χ2v) is 17.0. The highest BCUT2D eigenvalue weighted by atomic mass is 32.2. The van der Waals surface area contributed by atoms with E-state index in [1.54, 1.807) is 24.3 Å². The standard InChI is InChI=1S/C42H55N3O13S/c1-44-41(22-23-43-36(46)11-9-12-39(49)58-45-37(47)15-16-38(45)48)18-7-6-8-20-42(44,21-10-19-41)40(50)57-35-25-29(13-14-32(35)54-3)28-59(51,52)24-17-31-33(55-4)26-30(53-2)27-34(31)56-5/h13-14,17,24-27H,6-12,15-16,18-23,28H2,1-5H3,(H,43,46)/b24-17+. The summed E-state index contributed by atoms with van der Waals surface area (Å²) in [5.41, 5.74) is -0.554. The molecule has 2 aromatic carbocycles. The molecule has 3 fully saturated rings. The molecular weight excluding hydrogens is 787 g/mol. The number of imide groups is 1. The maximum absolute atomic E-state index is 14.5. The topological polar surface area (TPSA) is 193 Å². The van der Waals surface area contributed by atoms with Crippen molar-refractivity contribution in [1.82, 2.24) is 15.3 Å². The molecule has 3 aliphatic heterocycles. The molecule has 3 saturated heterocycles. The number of carbonyl (C=O) groups is 5. The number of fused-ring (bicyclic) bond motifs is 2. The molecule has 2 aromatic rings. The van der Waals surface area contributed by atoms with Gasteiger partial charge in [-0.25, -0.2) is 18.0 Å². The Morgan fingerprint density at radius 2 is 1.44 bits per heavy atom. The molecule has 5 rings (SSSR count). The SMILES string of the molecule is COc1cc(OC)c(/C=C/S(=O)(=O)Cc2ccc(OC)c(OC(=O)C34CCCCCC(CCNC(=O)CCCC(=O)ON5C(=O)CCC5=O)(CCC3)N4C)c2)c(OC)c1. The zero-order valence-electron chi connectivity index (χ0n) is 34.5. The van der Waals surface area contributed by atoms with E-state index < -0.39 is 44.7 Å². The van der Waals surface area contributed by atoms with Gasteiger partial charge in [-0.2, -0.15) is 0 Å². The molecule has 3 aliphatic rings. The zero-order valence-corrected chi connectivity index (χ0v) is 35.3. The van der Waals surface area contributed by atoms with Crippen LogP contribution in [0.1, 0.15) is 101 Å². The number of piperidine rings is 1. The number of hydrogen-bond acceptors (Lipinski definition) is 14. The van der Waals surface area contributed by atoms with Gasteiger partial charge in [-0.15, -0.1) is 5.06 Å². The van der Waals surface area contributed by atoms with Crippen LogP contribution in [-0.4, -0.2) is 101 Å². The maximum atomic E-state index is 14.5. The average Bonchev–Trinajstić information content (AvgIpc) is 3.53. The highest BCUT2D eigenvalue weighted by molar-refractivity contribution is 7.93. The van der Waals surface area contributed by atoms with Gasteiger partial charge in [0.2, 0.25) is 5.91 Å². The Morgan fingerprint density at radius 1 is 0.797 bits per heavy atom. The van der Waals surface area contributed by atoms with Crippen molar-refractivity contribution in [3.63, 3.8) is 0 Å². The third kappa shape index (κ3) is 10.7. The van der Waals surface area contributed by atoms with Gasteiger partial charge in [0, 0.05) is 55.3 Å². The fourth-order valence-corrected chi connectivity index (χ4v) is 9.43. The smallest absolute Gasteiger partial charge is 0.333 e. The summed E-state index contributed by atoms with van der Waals surface area (Å²) in [6.07, 6.45) is 8.39. The minimum absolute atomic E-state index is 0.00437. The fourth-order valence-electron chi connectivity index (χ4n) is 8.35. The number of hydrogen-bond donors (Lipinski definition) is 1. The number of nitrogens with one attached hydrogen (secondary N) is 1. The molecule has 0 radical (unpaired) electrons. The first kappa shape index (κ1) is 44.9. The van der Waals surface area contributed by atoms with Gasteiger partial charge in [-0.1, -0.05) is 25.3 Å². The van der Waals surface area contributed by atoms with Crippen LogP contribution < -0.4 is 29.0 Å². The van der Waals surface area contributed by atoms with Gasteiger partial charge in [0.1, 0.15) is 22.8 Å². The van der Waals surface area contributed by atoms with Crippen LogP contribution in [0.5, 0.6) is 28.7 Å². The van der Waals surface area contributed by atoms with Crippen molar-refractivity contribution in [2.75, 3.05) is 42.0 Å². The summed E-state index contributed by atoms with van der Waals surface area (Å²) in [5, 5.41) is 4.54. The molecule has 0 saturated carbocycles. The number of nitrogens with zero attached hydrogens (tertiary/aromatic N) is 2. The van der Waals surface area contributed by atoms with Crippen LogP contribution in [0.25, 0.3) is 6.08 Å². The minimum atomic E-state index is -3.84. The summed E-state index contributed by atoms with van der Waals surface area (Å²) in [5.74, 6) is -1.34. The Kier molecular flexibility index (Phi) is 15.0. The molecular formula is C42H55N3O13S. The number of rotatable bonds is 18. The Balaban J connectivity index is 1.24. The van der Waals surface area contributed by atoms with Crippen LogP contribution in [0.3, 0.4) is 0 Å². The predicted molar refractivity (Wildman–Crippen MR) is 215 cm³/mol. The monoisotopic (exact) mass is 841 g/mol. The lowest BCUT2D eigenvalue weighted by Gasteiger charge is -2.56. The molecule has 59 heavy (non-hydrogen) atoms. The van der Waals surface area contributed by atoms with Gasteiger partial charge in [0.05, 0.1) is 39.8 Å². The first-order valence-electron chi connectivity index (χ1n) is 19.9. The number of esters is 1. The summed E-state index contributed by atoms with van der Waals surface area (Å²) in [6, 6.07) is 7.97. The van der Waals surface area contributed by atoms with E-state index in [1.165, 1.54) is 40.6 Å². The number of ether oxygens (including phenoxy) is 5. The van der Waals surface area contributed by atoms with E-state index in [9.17, 15) is 32.4 Å². The van der Waals surface area contributed by atoms with Gasteiger partial charge < -0.3 is 33.8 Å². The Bertz CT molecular complexity index is 2000. The molecule has 0 aromatic heterocycles. The largest absolute Gasteiger partial charge is 0.496 e. The second kappa shape index (κ2) is 19.7. The molecule has 0 spiro atoms. The molecule has 3 amide bonds. The van der Waals surface area contributed by atoms with Gasteiger partial charge in [0.15, 0.2) is 21.3 Å². The number of likely N-dealkylation sites (N-methyl/N-ethyl adjacent to an activating group) is 1. The van der Waals surface area contributed by atoms with E-state index in [0.717, 1.165) is 43.9 Å². The normalized spacial score (nSPS) is 21.1. The maximum Gasteiger partial charge on any atom is 0.333 e. The van der Waals surface area contributed by atoms with E-state index >= 15 is 0 Å². The lowest BCUT2D eigenvalue weighted by Crippen LogP contribution is -2.67. The molecule has 17 heteroatoms. The summed E-state index contributed by atoms with van der Waals surface area (Å²) in [4.78, 5) is 69.9. The van der Waals surface area contributed by atoms with E-state index in [-0.39, 0.29) is 55.3 Å². The molecule has 0 aliphatic carbocycles. The molecule has 3 heterocycles. The summed E-state index contributed by atoms with van der Waals surface area (Å²) in [6.45, 7) is 0.354. The van der Waals surface area contributed by atoms with Crippen LogP contribution in [0, 0.1) is 0 Å². The number of hydroxylamine groups is 2. The van der Waals surface area contributed by atoms with Crippen LogP contribution in [0.2, 0.25) is 0 Å². The van der Waals surface area contributed by atoms with Crippen LogP contribution in [0.15, 0.2) is 35.7 Å². The first-order chi connectivity index (χ1) is 28.2. The third-order valence-electron chi connectivity index (χ3n) is 11.6. The van der Waals surface area contributed by atoms with Gasteiger partial charge in [-0.05, 0) is 75.8 Å². The van der Waals surface area contributed by atoms with Crippen LogP contribution in [0.4, 0.5) is 0 Å². The fraction of sp³-hybridized carbons (Fsp3) is 0.548. The quantitative estimate of drug-likeness (QED) is 0.119. The molecule has 16 nitrogen and oxygen atoms in total. The van der Waals surface area contributed by atoms with Crippen molar-refractivity contribution >= 4 is 45.6 Å². The number of amides is 3. The van der Waals surface area contributed by atoms with Crippen molar-refractivity contribution in [2.45, 2.75) is 107 Å². The average molecular weight is 842 g/mol. The van der Waals surface area contributed by atoms with Crippen molar-refractivity contribution in [3.05, 3.63) is 46.9 Å². The predicted octanol–water partition coefficient (Wildman–Crippen LogP) is 5.05. The van der Waals surface area contributed by atoms with Crippen molar-refractivity contribution in [3.8, 4) is 28.7 Å². The van der Waals surface area contributed by atoms with Crippen molar-refractivity contribution in [1.29, 1.82) is 0 Å². The highest BCUT2D eigenvalue weighted by Crippen LogP contribution is 2.47. The summed E-state index contributed by atoms with van der Waals surface area (Å²) in [7, 11) is 3.99. The number of methoxy groups -OCH3 is 4. The van der Waals surface area contributed by atoms with E-state index in [2.05, 4.69) is 10.2 Å². The van der Waals surface area contributed by atoms with E-state index in [4.69, 9.17) is 28.5 Å². The second-order valence-electron chi connectivity index (χ2n) is 15.2. The lowest BCUT2D eigenvalue weighted by atomic mass is 9.69. The first-order valence-corrected chi connectivity index (χ1v) is 21.6. The third-order valence-corrected chi connectivity index (χ3v) is 12.9. The summed E-state index contributed by atoms with van der Waals surface area (Å²) < 4.78 is 54.7. The van der Waals surface area contributed by atoms with Crippen molar-refractivity contribution in [2.24, 2.45) is 0 Å². The Labute approximate surface area is 345 Å². The molecule has 2 bridgehead atoms. The Hall–Kier alpha value is -5.16. The summed E-state index contributed by atoms with van der Waals surface area (Å²) >= 11 is 0. The Morgan fingerprint density at radius 3 is 2.10 bits per heavy atom. The highest BCUT2D eigenvalue weighted by Gasteiger charge is 2.54. The van der Waals surface area contributed by atoms with Gasteiger partial charge >= 0.3 is 11.9 Å². The number of carbonyl (C=O) groups excluding carboxylic acids is 5. The van der Waals surface area contributed by atoms with Gasteiger partial charge in [0.25, 0.3) is 11.8 Å². The lowest BCUT2D eigenvalue weighted by molar-refractivity contribution is -0.197. The van der Waals surface area contributed by atoms with Crippen LogP contribution >= 0.6 is 0 Å². The molecule has 322 valence electrons. The van der Waals surface area contributed by atoms with E-state index in [0.29, 0.717) is 59.2 Å². The van der Waals surface area contributed by atoms with Crippen LogP contribution in [-0.2, 0) is 44.4 Å². The molecule has 1 N–H and O–H groups in total. The number of sulfone groups is 1. The minimum Gasteiger partial charge on any atom is -0.496 e.